The summed E-state index contributed by atoms with van der Waals surface area (Å²) in [6.07, 6.45) is 1.63. The third-order valence-corrected chi connectivity index (χ3v) is 2.76. The number of benzene rings is 1. The van der Waals surface area contributed by atoms with Crippen molar-refractivity contribution in [3.05, 3.63) is 52.1 Å². The van der Waals surface area contributed by atoms with Gasteiger partial charge in [-0.2, -0.15) is 0 Å². The molecule has 0 spiro atoms. The SMILES string of the molecule is OCc1ccc(-c2ccc(Cl)cc2Cl)nc1. The molecule has 1 N–H and O–H groups in total. The molecule has 82 valence electrons. The Morgan fingerprint density at radius 1 is 1.12 bits per heavy atom. The van der Waals surface area contributed by atoms with Crippen molar-refractivity contribution < 1.29 is 5.11 Å². The molecule has 0 saturated carbocycles. The zero-order chi connectivity index (χ0) is 11.5. The van der Waals surface area contributed by atoms with Gasteiger partial charge in [0.25, 0.3) is 0 Å². The second-order valence-electron chi connectivity index (χ2n) is 3.33. The van der Waals surface area contributed by atoms with E-state index in [1.807, 2.05) is 18.2 Å². The zero-order valence-electron chi connectivity index (χ0n) is 8.32. The van der Waals surface area contributed by atoms with E-state index >= 15 is 0 Å². The van der Waals surface area contributed by atoms with Crippen molar-refractivity contribution in [2.24, 2.45) is 0 Å². The first-order valence-electron chi connectivity index (χ1n) is 4.72. The molecule has 2 aromatic rings. The van der Waals surface area contributed by atoms with E-state index in [0.29, 0.717) is 10.0 Å². The van der Waals surface area contributed by atoms with Crippen LogP contribution in [0.2, 0.25) is 10.0 Å². The summed E-state index contributed by atoms with van der Waals surface area (Å²) in [5.41, 5.74) is 2.36. The molecular weight excluding hydrogens is 245 g/mol. The topological polar surface area (TPSA) is 33.1 Å². The van der Waals surface area contributed by atoms with Crippen molar-refractivity contribution in [3.8, 4) is 11.3 Å². The van der Waals surface area contributed by atoms with E-state index in [9.17, 15) is 0 Å². The second kappa shape index (κ2) is 4.83. The van der Waals surface area contributed by atoms with Crippen LogP contribution in [-0.4, -0.2) is 10.1 Å². The fourth-order valence-corrected chi connectivity index (χ4v) is 1.88. The lowest BCUT2D eigenvalue weighted by atomic mass is 10.1. The number of aromatic nitrogens is 1. The van der Waals surface area contributed by atoms with E-state index in [4.69, 9.17) is 28.3 Å². The maximum absolute atomic E-state index is 8.91. The minimum Gasteiger partial charge on any atom is -0.392 e. The molecule has 1 heterocycles. The molecule has 0 aliphatic heterocycles. The number of nitrogens with zero attached hydrogens (tertiary/aromatic N) is 1. The largest absolute Gasteiger partial charge is 0.392 e. The van der Waals surface area contributed by atoms with Crippen molar-refractivity contribution in [2.45, 2.75) is 6.61 Å². The summed E-state index contributed by atoms with van der Waals surface area (Å²) in [7, 11) is 0. The molecule has 0 fully saturated rings. The van der Waals surface area contributed by atoms with Gasteiger partial charge in [0.1, 0.15) is 0 Å². The Bertz CT molecular complexity index is 497. The predicted octanol–water partition coefficient (Wildman–Crippen LogP) is 3.55. The van der Waals surface area contributed by atoms with Crippen LogP contribution < -0.4 is 0 Å². The van der Waals surface area contributed by atoms with Crippen LogP contribution in [0.15, 0.2) is 36.5 Å². The summed E-state index contributed by atoms with van der Waals surface area (Å²) in [6.45, 7) is -0.0123. The molecule has 1 aromatic carbocycles. The molecule has 0 aliphatic carbocycles. The van der Waals surface area contributed by atoms with Crippen LogP contribution in [0.4, 0.5) is 0 Å². The quantitative estimate of drug-likeness (QED) is 0.888. The number of halogens is 2. The van der Waals surface area contributed by atoms with Crippen LogP contribution in [0.1, 0.15) is 5.56 Å². The second-order valence-corrected chi connectivity index (χ2v) is 4.18. The fourth-order valence-electron chi connectivity index (χ4n) is 1.37. The minimum absolute atomic E-state index is 0.0123. The first-order valence-corrected chi connectivity index (χ1v) is 5.47. The molecule has 0 saturated heterocycles. The van der Waals surface area contributed by atoms with Gasteiger partial charge in [0, 0.05) is 16.8 Å². The number of rotatable bonds is 2. The molecule has 1 aromatic heterocycles. The standard InChI is InChI=1S/C12H9Cl2NO/c13-9-2-3-10(11(14)5-9)12-4-1-8(7-16)6-15-12/h1-6,16H,7H2. The van der Waals surface area contributed by atoms with E-state index in [0.717, 1.165) is 16.8 Å². The number of pyridine rings is 1. The summed E-state index contributed by atoms with van der Waals surface area (Å²) in [5, 5.41) is 10.1. The van der Waals surface area contributed by atoms with Crippen molar-refractivity contribution in [3.63, 3.8) is 0 Å². The molecule has 16 heavy (non-hydrogen) atoms. The van der Waals surface area contributed by atoms with E-state index < -0.39 is 0 Å². The normalized spacial score (nSPS) is 10.4. The molecule has 0 radical (unpaired) electrons. The molecule has 0 unspecified atom stereocenters. The molecule has 0 aliphatic rings. The summed E-state index contributed by atoms with van der Waals surface area (Å²) >= 11 is 11.9. The summed E-state index contributed by atoms with van der Waals surface area (Å²) in [4.78, 5) is 4.22. The zero-order valence-corrected chi connectivity index (χ0v) is 9.83. The van der Waals surface area contributed by atoms with Crippen LogP contribution in [0.25, 0.3) is 11.3 Å². The highest BCUT2D eigenvalue weighted by molar-refractivity contribution is 6.36. The van der Waals surface area contributed by atoms with Crippen LogP contribution in [0.3, 0.4) is 0 Å². The average Bonchev–Trinajstić information content (AvgIpc) is 2.29. The lowest BCUT2D eigenvalue weighted by molar-refractivity contribution is 0.281. The monoisotopic (exact) mass is 253 g/mol. The Morgan fingerprint density at radius 3 is 2.50 bits per heavy atom. The molecule has 2 nitrogen and oxygen atoms in total. The number of aliphatic hydroxyl groups excluding tert-OH is 1. The van der Waals surface area contributed by atoms with Crippen LogP contribution >= 0.6 is 23.2 Å². The van der Waals surface area contributed by atoms with Gasteiger partial charge in [0.15, 0.2) is 0 Å². The van der Waals surface area contributed by atoms with Crippen molar-refractivity contribution in [1.29, 1.82) is 0 Å². The fraction of sp³-hybridized carbons (Fsp3) is 0.0833. The van der Waals surface area contributed by atoms with E-state index in [-0.39, 0.29) is 6.61 Å². The predicted molar refractivity (Wildman–Crippen MR) is 65.6 cm³/mol. The van der Waals surface area contributed by atoms with Gasteiger partial charge >= 0.3 is 0 Å². The summed E-state index contributed by atoms with van der Waals surface area (Å²) in [5.74, 6) is 0. The van der Waals surface area contributed by atoms with E-state index in [1.165, 1.54) is 0 Å². The highest BCUT2D eigenvalue weighted by atomic mass is 35.5. The molecule has 0 atom stereocenters. The number of hydrogen-bond donors (Lipinski definition) is 1. The third kappa shape index (κ3) is 2.35. The lowest BCUT2D eigenvalue weighted by Crippen LogP contribution is -1.88. The van der Waals surface area contributed by atoms with E-state index in [1.54, 1.807) is 18.3 Å². The average molecular weight is 254 g/mol. The lowest BCUT2D eigenvalue weighted by Gasteiger charge is -2.04. The van der Waals surface area contributed by atoms with Crippen molar-refractivity contribution in [2.75, 3.05) is 0 Å². The van der Waals surface area contributed by atoms with Gasteiger partial charge in [-0.1, -0.05) is 29.3 Å². The Morgan fingerprint density at radius 2 is 1.94 bits per heavy atom. The molecular formula is C12H9Cl2NO. The first kappa shape index (κ1) is 11.4. The molecule has 0 bridgehead atoms. The minimum atomic E-state index is -0.0123. The third-order valence-electron chi connectivity index (χ3n) is 2.21. The van der Waals surface area contributed by atoms with Gasteiger partial charge in [-0.15, -0.1) is 0 Å². The smallest absolute Gasteiger partial charge is 0.0717 e. The molecule has 2 rings (SSSR count). The molecule has 0 amide bonds. The maximum atomic E-state index is 8.91. The summed E-state index contributed by atoms with van der Waals surface area (Å²) < 4.78 is 0. The van der Waals surface area contributed by atoms with Gasteiger partial charge in [0.2, 0.25) is 0 Å². The Labute approximate surface area is 103 Å². The van der Waals surface area contributed by atoms with Gasteiger partial charge in [0.05, 0.1) is 17.3 Å². The Hall–Kier alpha value is -1.09. The Kier molecular flexibility index (Phi) is 3.44. The van der Waals surface area contributed by atoms with Crippen molar-refractivity contribution >= 4 is 23.2 Å². The number of hydrogen-bond acceptors (Lipinski definition) is 2. The Balaban J connectivity index is 2.42. The molecule has 4 heteroatoms. The first-order chi connectivity index (χ1) is 7.70. The highest BCUT2D eigenvalue weighted by Gasteiger charge is 2.05. The maximum Gasteiger partial charge on any atom is 0.0717 e. The van der Waals surface area contributed by atoms with Gasteiger partial charge in [-0.3, -0.25) is 4.98 Å². The van der Waals surface area contributed by atoms with Crippen LogP contribution in [-0.2, 0) is 6.61 Å². The van der Waals surface area contributed by atoms with Gasteiger partial charge < -0.3 is 5.11 Å². The highest BCUT2D eigenvalue weighted by Crippen LogP contribution is 2.28. The van der Waals surface area contributed by atoms with E-state index in [2.05, 4.69) is 4.98 Å². The van der Waals surface area contributed by atoms with Gasteiger partial charge in [-0.25, -0.2) is 0 Å². The van der Waals surface area contributed by atoms with Gasteiger partial charge in [-0.05, 0) is 29.8 Å². The summed E-state index contributed by atoms with van der Waals surface area (Å²) in [6, 6.07) is 8.91. The van der Waals surface area contributed by atoms with Crippen LogP contribution in [0.5, 0.6) is 0 Å². The van der Waals surface area contributed by atoms with Crippen molar-refractivity contribution in [1.82, 2.24) is 4.98 Å². The number of aliphatic hydroxyl groups is 1. The van der Waals surface area contributed by atoms with Crippen LogP contribution in [0, 0.1) is 0 Å².